The Morgan fingerprint density at radius 2 is 1.71 bits per heavy atom. The third kappa shape index (κ3) is 6.12. The van der Waals surface area contributed by atoms with Crippen molar-refractivity contribution in [3.05, 3.63) is 101 Å². The molecule has 0 fully saturated rings. The monoisotopic (exact) mass is 516 g/mol. The maximum absolute atomic E-state index is 13.4. The van der Waals surface area contributed by atoms with Gasteiger partial charge >= 0.3 is 5.97 Å². The average Bonchev–Trinajstić information content (AvgIpc) is 3.54. The summed E-state index contributed by atoms with van der Waals surface area (Å²) >= 11 is 0. The summed E-state index contributed by atoms with van der Waals surface area (Å²) in [6, 6.07) is 17.8. The van der Waals surface area contributed by atoms with Gasteiger partial charge < -0.3 is 28.8 Å². The lowest BCUT2D eigenvalue weighted by Crippen LogP contribution is -2.28. The van der Waals surface area contributed by atoms with Gasteiger partial charge in [-0.05, 0) is 60.5 Å². The minimum absolute atomic E-state index is 0.158. The summed E-state index contributed by atoms with van der Waals surface area (Å²) in [7, 11) is 2.87. The third-order valence-corrected chi connectivity index (χ3v) is 6.00. The first-order valence-corrected chi connectivity index (χ1v) is 11.9. The second kappa shape index (κ2) is 12.0. The number of hydrogen-bond donors (Lipinski definition) is 1. The van der Waals surface area contributed by atoms with Crippen LogP contribution >= 0.6 is 0 Å². The zero-order valence-corrected chi connectivity index (χ0v) is 21.4. The fourth-order valence-corrected chi connectivity index (χ4v) is 3.96. The highest BCUT2D eigenvalue weighted by molar-refractivity contribution is 6.16. The molecule has 38 heavy (non-hydrogen) atoms. The molecule has 2 heterocycles. The molecule has 0 bridgehead atoms. The fraction of sp³-hybridized carbons (Fsp3) is 0.207. The van der Waals surface area contributed by atoms with Gasteiger partial charge in [0.05, 0.1) is 44.7 Å². The van der Waals surface area contributed by atoms with E-state index >= 15 is 0 Å². The van der Waals surface area contributed by atoms with Gasteiger partial charge in [0, 0.05) is 5.70 Å². The van der Waals surface area contributed by atoms with Crippen molar-refractivity contribution in [1.29, 1.82) is 0 Å². The van der Waals surface area contributed by atoms with Crippen LogP contribution in [0.25, 0.3) is 6.08 Å². The molecule has 1 aliphatic heterocycles. The molecule has 4 rings (SSSR count). The van der Waals surface area contributed by atoms with E-state index in [1.807, 2.05) is 24.3 Å². The molecule has 1 N–H and O–H groups in total. The van der Waals surface area contributed by atoms with Crippen molar-refractivity contribution < 1.29 is 33.0 Å². The van der Waals surface area contributed by atoms with Crippen molar-refractivity contribution >= 4 is 23.9 Å². The molecule has 0 saturated carbocycles. The first-order chi connectivity index (χ1) is 18.4. The van der Waals surface area contributed by atoms with E-state index in [0.717, 1.165) is 5.56 Å². The van der Waals surface area contributed by atoms with Gasteiger partial charge in [-0.25, -0.2) is 4.79 Å². The third-order valence-electron chi connectivity index (χ3n) is 6.00. The number of carbonyl (C=O) groups excluding carboxylic acids is 3. The predicted octanol–water partition coefficient (Wildman–Crippen LogP) is 3.86. The van der Waals surface area contributed by atoms with Gasteiger partial charge in [0.1, 0.15) is 17.3 Å². The summed E-state index contributed by atoms with van der Waals surface area (Å²) in [5.74, 6) is 0.678. The summed E-state index contributed by atoms with van der Waals surface area (Å²) in [6.07, 6.45) is 3.18. The number of nitrogens with zero attached hydrogens (tertiary/aromatic N) is 1. The van der Waals surface area contributed by atoms with Crippen LogP contribution in [-0.2, 0) is 32.2 Å². The first kappa shape index (κ1) is 26.3. The molecular formula is C29H28N2O7. The highest BCUT2D eigenvalue weighted by Gasteiger charge is 2.37. The van der Waals surface area contributed by atoms with Crippen molar-refractivity contribution in [2.24, 2.45) is 0 Å². The minimum Gasteiger partial charge on any atom is -0.497 e. The van der Waals surface area contributed by atoms with Crippen LogP contribution in [0.5, 0.6) is 11.5 Å². The average molecular weight is 517 g/mol. The molecule has 1 aliphatic rings. The summed E-state index contributed by atoms with van der Waals surface area (Å²) in [5.41, 5.74) is 2.56. The minimum atomic E-state index is -0.583. The molecule has 196 valence electrons. The Labute approximate surface area is 220 Å². The van der Waals surface area contributed by atoms with Crippen LogP contribution in [0, 0.1) is 0 Å². The summed E-state index contributed by atoms with van der Waals surface area (Å²) in [6.45, 7) is 2.14. The topological polar surface area (TPSA) is 107 Å². The fourth-order valence-electron chi connectivity index (χ4n) is 3.96. The molecular weight excluding hydrogens is 488 g/mol. The summed E-state index contributed by atoms with van der Waals surface area (Å²) < 4.78 is 20.9. The zero-order valence-electron chi connectivity index (χ0n) is 21.4. The number of methoxy groups -OCH3 is 2. The Morgan fingerprint density at radius 3 is 2.34 bits per heavy atom. The van der Waals surface area contributed by atoms with E-state index in [-0.39, 0.29) is 36.1 Å². The largest absolute Gasteiger partial charge is 0.497 e. The van der Waals surface area contributed by atoms with Crippen LogP contribution in [0.15, 0.2) is 88.2 Å². The van der Waals surface area contributed by atoms with Crippen molar-refractivity contribution in [2.45, 2.75) is 20.0 Å². The molecule has 0 atom stereocenters. The number of ether oxygens (including phenoxy) is 3. The van der Waals surface area contributed by atoms with Crippen molar-refractivity contribution in [3.63, 3.8) is 0 Å². The predicted molar refractivity (Wildman–Crippen MR) is 139 cm³/mol. The molecule has 2 amide bonds. The Bertz CT molecular complexity index is 1350. The van der Waals surface area contributed by atoms with Gasteiger partial charge in [0.15, 0.2) is 6.61 Å². The second-order valence-corrected chi connectivity index (χ2v) is 8.46. The number of nitrogens with one attached hydrogen (secondary N) is 1. The highest BCUT2D eigenvalue weighted by Crippen LogP contribution is 2.33. The lowest BCUT2D eigenvalue weighted by molar-refractivity contribution is -0.136. The molecule has 9 heteroatoms. The van der Waals surface area contributed by atoms with Gasteiger partial charge in [-0.3, -0.25) is 9.59 Å². The number of hydrogen-bond acceptors (Lipinski definition) is 7. The molecule has 2 aromatic carbocycles. The van der Waals surface area contributed by atoms with Crippen LogP contribution in [0.2, 0.25) is 0 Å². The standard InChI is InChI=1S/C29H28N2O7/c1-19-27(29(34)36-3)25(28(33)31(19)17-21-8-10-22(35-2)11-9-21)15-20-6-12-23(13-7-20)38-18-26(32)30-16-24-5-4-14-37-24/h4-15H,16-18H2,1-3H3,(H,30,32)/b25-15-. The van der Waals surface area contributed by atoms with E-state index in [1.165, 1.54) is 13.4 Å². The van der Waals surface area contributed by atoms with Gasteiger partial charge in [0.25, 0.3) is 11.8 Å². The van der Waals surface area contributed by atoms with Crippen LogP contribution in [0.4, 0.5) is 0 Å². The smallest absolute Gasteiger partial charge is 0.340 e. The van der Waals surface area contributed by atoms with Gasteiger partial charge in [-0.2, -0.15) is 0 Å². The highest BCUT2D eigenvalue weighted by atomic mass is 16.5. The number of amides is 2. The van der Waals surface area contributed by atoms with Crippen molar-refractivity contribution in [1.82, 2.24) is 10.2 Å². The maximum atomic E-state index is 13.4. The molecule has 0 radical (unpaired) electrons. The Kier molecular flexibility index (Phi) is 8.27. The van der Waals surface area contributed by atoms with Crippen LogP contribution in [0.1, 0.15) is 23.8 Å². The van der Waals surface area contributed by atoms with E-state index in [9.17, 15) is 14.4 Å². The van der Waals surface area contributed by atoms with Crippen molar-refractivity contribution in [2.75, 3.05) is 20.8 Å². The number of allylic oxidation sites excluding steroid dienone is 1. The lowest BCUT2D eigenvalue weighted by atomic mass is 10.0. The molecule has 0 saturated heterocycles. The first-order valence-electron chi connectivity index (χ1n) is 11.9. The van der Waals surface area contributed by atoms with E-state index in [0.29, 0.717) is 35.1 Å². The quantitative estimate of drug-likeness (QED) is 0.322. The Morgan fingerprint density at radius 1 is 1.00 bits per heavy atom. The van der Waals surface area contributed by atoms with E-state index < -0.39 is 5.97 Å². The van der Waals surface area contributed by atoms with Gasteiger partial charge in [-0.1, -0.05) is 24.3 Å². The lowest BCUT2D eigenvalue weighted by Gasteiger charge is -2.18. The number of carbonyl (C=O) groups is 3. The maximum Gasteiger partial charge on any atom is 0.340 e. The molecule has 1 aromatic heterocycles. The Balaban J connectivity index is 1.45. The number of furan rings is 1. The van der Waals surface area contributed by atoms with Gasteiger partial charge in [0.2, 0.25) is 0 Å². The summed E-state index contributed by atoms with van der Waals surface area (Å²) in [5, 5.41) is 2.71. The molecule has 0 unspecified atom stereocenters. The van der Waals surface area contributed by atoms with E-state index in [2.05, 4.69) is 5.32 Å². The zero-order chi connectivity index (χ0) is 27.1. The van der Waals surface area contributed by atoms with E-state index in [1.54, 1.807) is 61.4 Å². The number of esters is 1. The number of rotatable bonds is 10. The number of benzene rings is 2. The van der Waals surface area contributed by atoms with Crippen LogP contribution in [0.3, 0.4) is 0 Å². The summed E-state index contributed by atoms with van der Waals surface area (Å²) in [4.78, 5) is 39.5. The molecule has 0 aliphatic carbocycles. The second-order valence-electron chi connectivity index (χ2n) is 8.46. The Hall–Kier alpha value is -4.79. The molecule has 3 aromatic rings. The van der Waals surface area contributed by atoms with E-state index in [4.69, 9.17) is 18.6 Å². The van der Waals surface area contributed by atoms with Crippen LogP contribution in [-0.4, -0.2) is 43.5 Å². The van der Waals surface area contributed by atoms with Crippen LogP contribution < -0.4 is 14.8 Å². The molecule has 0 spiro atoms. The van der Waals surface area contributed by atoms with Crippen molar-refractivity contribution in [3.8, 4) is 11.5 Å². The molecule has 9 nitrogen and oxygen atoms in total. The normalized spacial score (nSPS) is 14.1. The van der Waals surface area contributed by atoms with Gasteiger partial charge in [-0.15, -0.1) is 0 Å². The SMILES string of the molecule is COC(=O)C1=C(C)N(Cc2ccc(OC)cc2)C(=O)/C1=C\c1ccc(OCC(=O)NCc2ccco2)cc1.